The van der Waals surface area contributed by atoms with E-state index in [4.69, 9.17) is 14.2 Å². The van der Waals surface area contributed by atoms with Crippen LogP contribution < -0.4 is 19.5 Å². The van der Waals surface area contributed by atoms with E-state index in [-0.39, 0.29) is 11.2 Å². The Hall–Kier alpha value is -3.20. The molecule has 0 aliphatic rings. The van der Waals surface area contributed by atoms with Gasteiger partial charge in [0.05, 0.1) is 26.6 Å². The van der Waals surface area contributed by atoms with Crippen molar-refractivity contribution in [3.63, 3.8) is 0 Å². The van der Waals surface area contributed by atoms with Crippen molar-refractivity contribution in [1.29, 1.82) is 0 Å². The monoisotopic (exact) mass is 428 g/mol. The molecule has 3 rings (SSSR count). The van der Waals surface area contributed by atoms with Crippen LogP contribution in [0.1, 0.15) is 6.92 Å². The first-order chi connectivity index (χ1) is 14.5. The molecule has 9 heteroatoms. The van der Waals surface area contributed by atoms with E-state index in [1.54, 1.807) is 45.6 Å². The minimum Gasteiger partial charge on any atom is -0.497 e. The molecule has 0 radical (unpaired) electrons. The van der Waals surface area contributed by atoms with Crippen molar-refractivity contribution in [3.05, 3.63) is 42.5 Å². The van der Waals surface area contributed by atoms with Crippen LogP contribution in [0, 0.1) is 0 Å². The predicted octanol–water partition coefficient (Wildman–Crippen LogP) is 3.63. The lowest BCUT2D eigenvalue weighted by atomic mass is 10.2. The molecule has 1 heterocycles. The van der Waals surface area contributed by atoms with Crippen molar-refractivity contribution < 1.29 is 19.0 Å². The van der Waals surface area contributed by atoms with Crippen molar-refractivity contribution in [2.75, 3.05) is 26.6 Å². The summed E-state index contributed by atoms with van der Waals surface area (Å²) in [6, 6.07) is 12.7. The average Bonchev–Trinajstić information content (AvgIpc) is 3.13. The lowest BCUT2D eigenvalue weighted by Crippen LogP contribution is -2.22. The van der Waals surface area contributed by atoms with Gasteiger partial charge >= 0.3 is 0 Å². The number of benzene rings is 2. The Morgan fingerprint density at radius 2 is 1.70 bits per heavy atom. The minimum atomic E-state index is -0.367. The third-order valence-electron chi connectivity index (χ3n) is 4.49. The summed E-state index contributed by atoms with van der Waals surface area (Å²) in [4.78, 5) is 12.6. The molecule has 0 aliphatic carbocycles. The van der Waals surface area contributed by atoms with E-state index in [1.165, 1.54) is 11.8 Å². The van der Waals surface area contributed by atoms with Crippen LogP contribution in [-0.2, 0) is 11.8 Å². The number of ether oxygens (including phenoxy) is 3. The Balaban J connectivity index is 1.71. The van der Waals surface area contributed by atoms with E-state index >= 15 is 0 Å². The highest BCUT2D eigenvalue weighted by Crippen LogP contribution is 2.33. The Kier molecular flexibility index (Phi) is 6.83. The fraction of sp³-hybridized carbons (Fsp3) is 0.286. The summed E-state index contributed by atoms with van der Waals surface area (Å²) in [5.41, 5.74) is 1.54. The normalized spacial score (nSPS) is 11.6. The molecule has 0 aliphatic heterocycles. The zero-order valence-electron chi connectivity index (χ0n) is 17.5. The Morgan fingerprint density at radius 1 is 1.00 bits per heavy atom. The number of amides is 1. The summed E-state index contributed by atoms with van der Waals surface area (Å²) in [5, 5.41) is 11.7. The van der Waals surface area contributed by atoms with Gasteiger partial charge in [-0.3, -0.25) is 4.79 Å². The number of aromatic nitrogens is 3. The van der Waals surface area contributed by atoms with E-state index in [2.05, 4.69) is 15.5 Å². The Morgan fingerprint density at radius 3 is 2.33 bits per heavy atom. The SMILES string of the molecule is COc1ccc(NC(=O)[C@H](C)Sc2nnc(-c3ccc(OC)c(OC)c3)n2C)cc1. The summed E-state index contributed by atoms with van der Waals surface area (Å²) < 4.78 is 17.6. The summed E-state index contributed by atoms with van der Waals surface area (Å²) >= 11 is 1.33. The quantitative estimate of drug-likeness (QED) is 0.548. The summed E-state index contributed by atoms with van der Waals surface area (Å²) in [6.45, 7) is 1.83. The van der Waals surface area contributed by atoms with Crippen LogP contribution in [0.25, 0.3) is 11.4 Å². The zero-order valence-corrected chi connectivity index (χ0v) is 18.3. The van der Waals surface area contributed by atoms with Gasteiger partial charge in [-0.05, 0) is 49.4 Å². The molecule has 0 fully saturated rings. The van der Waals surface area contributed by atoms with Crippen LogP contribution in [0.4, 0.5) is 5.69 Å². The zero-order chi connectivity index (χ0) is 21.7. The fourth-order valence-corrected chi connectivity index (χ4v) is 3.59. The second-order valence-electron chi connectivity index (χ2n) is 6.41. The molecule has 0 bridgehead atoms. The molecular formula is C21H24N4O4S. The van der Waals surface area contributed by atoms with Crippen LogP contribution in [0.2, 0.25) is 0 Å². The molecule has 1 N–H and O–H groups in total. The molecule has 0 saturated carbocycles. The largest absolute Gasteiger partial charge is 0.497 e. The maximum Gasteiger partial charge on any atom is 0.237 e. The van der Waals surface area contributed by atoms with Gasteiger partial charge in [-0.25, -0.2) is 0 Å². The number of hydrogen-bond acceptors (Lipinski definition) is 7. The Bertz CT molecular complexity index is 1020. The number of methoxy groups -OCH3 is 3. The predicted molar refractivity (Wildman–Crippen MR) is 116 cm³/mol. The van der Waals surface area contributed by atoms with Gasteiger partial charge in [0.15, 0.2) is 22.5 Å². The van der Waals surface area contributed by atoms with Crippen LogP contribution in [0.3, 0.4) is 0 Å². The molecule has 158 valence electrons. The molecule has 0 unspecified atom stereocenters. The summed E-state index contributed by atoms with van der Waals surface area (Å²) in [7, 11) is 6.64. The van der Waals surface area contributed by atoms with E-state index in [1.807, 2.05) is 36.7 Å². The van der Waals surface area contributed by atoms with Gasteiger partial charge in [-0.1, -0.05) is 11.8 Å². The number of nitrogens with zero attached hydrogens (tertiary/aromatic N) is 3. The van der Waals surface area contributed by atoms with E-state index in [9.17, 15) is 4.79 Å². The number of thioether (sulfide) groups is 1. The van der Waals surface area contributed by atoms with Crippen molar-refractivity contribution in [2.45, 2.75) is 17.3 Å². The van der Waals surface area contributed by atoms with Gasteiger partial charge in [0, 0.05) is 18.3 Å². The van der Waals surface area contributed by atoms with Gasteiger partial charge in [0.1, 0.15) is 5.75 Å². The van der Waals surface area contributed by atoms with Crippen LogP contribution >= 0.6 is 11.8 Å². The molecule has 2 aromatic carbocycles. The highest BCUT2D eigenvalue weighted by atomic mass is 32.2. The van der Waals surface area contributed by atoms with E-state index < -0.39 is 0 Å². The van der Waals surface area contributed by atoms with Crippen molar-refractivity contribution >= 4 is 23.4 Å². The van der Waals surface area contributed by atoms with Gasteiger partial charge in [0.25, 0.3) is 0 Å². The summed E-state index contributed by atoms with van der Waals surface area (Å²) in [6.07, 6.45) is 0. The van der Waals surface area contributed by atoms with Gasteiger partial charge in [-0.15, -0.1) is 10.2 Å². The number of rotatable bonds is 8. The minimum absolute atomic E-state index is 0.124. The standard InChI is InChI=1S/C21H24N4O4S/c1-13(20(26)22-15-7-9-16(27-3)10-8-15)30-21-24-23-19(25(21)2)14-6-11-17(28-4)18(12-14)29-5/h6-13H,1-5H3,(H,22,26)/t13-/m0/s1. The van der Waals surface area contributed by atoms with Gasteiger partial charge in [0.2, 0.25) is 5.91 Å². The second kappa shape index (κ2) is 9.53. The molecule has 30 heavy (non-hydrogen) atoms. The molecule has 8 nitrogen and oxygen atoms in total. The highest BCUT2D eigenvalue weighted by molar-refractivity contribution is 8.00. The van der Waals surface area contributed by atoms with E-state index in [0.29, 0.717) is 28.2 Å². The smallest absolute Gasteiger partial charge is 0.237 e. The van der Waals surface area contributed by atoms with Gasteiger partial charge in [-0.2, -0.15) is 0 Å². The molecular weight excluding hydrogens is 404 g/mol. The molecule has 1 atom stereocenters. The second-order valence-corrected chi connectivity index (χ2v) is 7.72. The molecule has 3 aromatic rings. The van der Waals surface area contributed by atoms with Crippen molar-refractivity contribution in [3.8, 4) is 28.6 Å². The third-order valence-corrected chi connectivity index (χ3v) is 5.62. The number of nitrogens with one attached hydrogen (secondary N) is 1. The van der Waals surface area contributed by atoms with Crippen LogP contribution in [0.5, 0.6) is 17.2 Å². The third kappa shape index (κ3) is 4.68. The van der Waals surface area contributed by atoms with Crippen molar-refractivity contribution in [2.24, 2.45) is 7.05 Å². The van der Waals surface area contributed by atoms with Crippen molar-refractivity contribution in [1.82, 2.24) is 14.8 Å². The number of hydrogen-bond donors (Lipinski definition) is 1. The number of carbonyl (C=O) groups excluding carboxylic acids is 1. The highest BCUT2D eigenvalue weighted by Gasteiger charge is 2.20. The first kappa shape index (κ1) is 21.5. The molecule has 1 aromatic heterocycles. The maximum atomic E-state index is 12.6. The lowest BCUT2D eigenvalue weighted by molar-refractivity contribution is -0.115. The average molecular weight is 429 g/mol. The first-order valence-electron chi connectivity index (χ1n) is 9.20. The molecule has 0 spiro atoms. The first-order valence-corrected chi connectivity index (χ1v) is 10.1. The topological polar surface area (TPSA) is 87.5 Å². The molecule has 0 saturated heterocycles. The number of anilines is 1. The fourth-order valence-electron chi connectivity index (χ4n) is 2.77. The van der Waals surface area contributed by atoms with Crippen LogP contribution in [-0.4, -0.2) is 47.3 Å². The molecule has 1 amide bonds. The summed E-state index contributed by atoms with van der Waals surface area (Å²) in [5.74, 6) is 2.53. The lowest BCUT2D eigenvalue weighted by Gasteiger charge is -2.12. The number of carbonyl (C=O) groups is 1. The van der Waals surface area contributed by atoms with Gasteiger partial charge < -0.3 is 24.1 Å². The Labute approximate surface area is 179 Å². The van der Waals surface area contributed by atoms with Crippen LogP contribution in [0.15, 0.2) is 47.6 Å². The van der Waals surface area contributed by atoms with E-state index in [0.717, 1.165) is 11.3 Å². The maximum absolute atomic E-state index is 12.6.